The lowest BCUT2D eigenvalue weighted by atomic mass is 9.81. The number of furan rings is 1. The highest BCUT2D eigenvalue weighted by atomic mass is 16.3. The Hall–Kier alpha value is -3.79. The first-order chi connectivity index (χ1) is 22.3. The van der Waals surface area contributed by atoms with E-state index in [-0.39, 0.29) is 6.04 Å². The van der Waals surface area contributed by atoms with E-state index in [4.69, 9.17) is 9.40 Å². The van der Waals surface area contributed by atoms with Crippen LogP contribution >= 0.6 is 0 Å². The van der Waals surface area contributed by atoms with Gasteiger partial charge in [0.1, 0.15) is 23.4 Å². The van der Waals surface area contributed by atoms with Gasteiger partial charge in [-0.3, -0.25) is 0 Å². The molecule has 4 nitrogen and oxygen atoms in total. The maximum Gasteiger partial charge on any atom is 0.136 e. The van der Waals surface area contributed by atoms with Gasteiger partial charge in [-0.2, -0.15) is 0 Å². The van der Waals surface area contributed by atoms with Crippen molar-refractivity contribution in [3.05, 3.63) is 111 Å². The van der Waals surface area contributed by atoms with Crippen molar-refractivity contribution in [3.8, 4) is 11.3 Å². The zero-order valence-electron chi connectivity index (χ0n) is 31.0. The summed E-state index contributed by atoms with van der Waals surface area (Å²) in [6, 6.07) is 11.6. The minimum Gasteiger partial charge on any atom is -0.461 e. The van der Waals surface area contributed by atoms with Crippen LogP contribution in [0, 0.1) is 0 Å². The van der Waals surface area contributed by atoms with Gasteiger partial charge in [0, 0.05) is 36.5 Å². The summed E-state index contributed by atoms with van der Waals surface area (Å²) in [5, 5.41) is 4.22. The third kappa shape index (κ3) is 6.80. The van der Waals surface area contributed by atoms with Crippen LogP contribution in [0.25, 0.3) is 17.3 Å². The molecule has 2 aromatic heterocycles. The van der Waals surface area contributed by atoms with E-state index < -0.39 is 0 Å². The minimum atomic E-state index is -0.155. The molecule has 1 aliphatic rings. The van der Waals surface area contributed by atoms with E-state index in [9.17, 15) is 0 Å². The Morgan fingerprint density at radius 3 is 1.94 bits per heavy atom. The van der Waals surface area contributed by atoms with Crippen LogP contribution in [0.3, 0.4) is 0 Å². The molecular formula is C43H57N3O. The molecule has 2 aromatic carbocycles. The molecule has 1 aliphatic carbocycles. The molecular weight excluding hydrogens is 574 g/mol. The number of rotatable bonds is 11. The first-order valence-corrected chi connectivity index (χ1v) is 17.9. The Balaban J connectivity index is 1.83. The zero-order chi connectivity index (χ0) is 34.2. The zero-order valence-corrected chi connectivity index (χ0v) is 31.0. The number of hydrogen-bond acceptors (Lipinski definition) is 3. The molecule has 4 heteroatoms. The molecule has 5 rings (SSSR count). The Kier molecular flexibility index (Phi) is 10.4. The first kappa shape index (κ1) is 34.5. The van der Waals surface area contributed by atoms with Gasteiger partial charge in [0.05, 0.1) is 5.69 Å². The van der Waals surface area contributed by atoms with Crippen molar-refractivity contribution in [1.82, 2.24) is 9.55 Å². The summed E-state index contributed by atoms with van der Waals surface area (Å²) in [5.41, 5.74) is 12.9. The van der Waals surface area contributed by atoms with E-state index in [1.54, 1.807) is 0 Å². The van der Waals surface area contributed by atoms with Gasteiger partial charge in [-0.1, -0.05) is 125 Å². The molecule has 0 spiro atoms. The van der Waals surface area contributed by atoms with Crippen molar-refractivity contribution >= 4 is 11.8 Å². The van der Waals surface area contributed by atoms with E-state index >= 15 is 0 Å². The van der Waals surface area contributed by atoms with E-state index in [2.05, 4.69) is 154 Å². The second kappa shape index (κ2) is 14.1. The number of para-hydroxylation sites is 1. The lowest BCUT2D eigenvalue weighted by molar-refractivity contribution is 0.507. The van der Waals surface area contributed by atoms with Crippen LogP contribution in [0.15, 0.2) is 59.2 Å². The topological polar surface area (TPSA) is 43.0 Å². The Morgan fingerprint density at radius 2 is 1.40 bits per heavy atom. The van der Waals surface area contributed by atoms with E-state index in [1.807, 2.05) is 0 Å². The van der Waals surface area contributed by atoms with Crippen molar-refractivity contribution in [2.45, 2.75) is 125 Å². The van der Waals surface area contributed by atoms with Gasteiger partial charge in [-0.15, -0.1) is 0 Å². The lowest BCUT2D eigenvalue weighted by Crippen LogP contribution is -2.23. The highest BCUT2D eigenvalue weighted by Crippen LogP contribution is 2.43. The maximum atomic E-state index is 6.44. The van der Waals surface area contributed by atoms with Crippen LogP contribution in [0.2, 0.25) is 0 Å². The molecule has 47 heavy (non-hydrogen) atoms. The van der Waals surface area contributed by atoms with Gasteiger partial charge < -0.3 is 14.3 Å². The Morgan fingerprint density at radius 1 is 0.809 bits per heavy atom. The maximum absolute atomic E-state index is 6.44. The molecule has 0 radical (unpaired) electrons. The summed E-state index contributed by atoms with van der Waals surface area (Å²) in [7, 11) is 2.16. The molecule has 2 heterocycles. The van der Waals surface area contributed by atoms with E-state index in [0.29, 0.717) is 29.6 Å². The number of fused-ring (bicyclic) bond motifs is 1. The first-order valence-electron chi connectivity index (χ1n) is 17.9. The summed E-state index contributed by atoms with van der Waals surface area (Å²) in [6.07, 6.45) is 12.4. The summed E-state index contributed by atoms with van der Waals surface area (Å²) >= 11 is 0. The van der Waals surface area contributed by atoms with Crippen LogP contribution in [0.5, 0.6) is 0 Å². The fourth-order valence-corrected chi connectivity index (χ4v) is 7.17. The number of allylic oxidation sites excluding steroid dienone is 3. The SMILES string of the molecule is CCc1oc2c(c1-c1cn(C)c(C(Nc3c(C(C)C)cccc3C(C)C)c3c(C(C)C)cc(C(C)C)cc3C(C)C)n1)CC=CC=C2. The van der Waals surface area contributed by atoms with Gasteiger partial charge in [-0.05, 0) is 75.5 Å². The fourth-order valence-electron chi connectivity index (χ4n) is 7.17. The number of anilines is 1. The number of aryl methyl sites for hydroxylation is 2. The molecule has 0 amide bonds. The van der Waals surface area contributed by atoms with Crippen molar-refractivity contribution in [1.29, 1.82) is 0 Å². The lowest BCUT2D eigenvalue weighted by Gasteiger charge is -2.32. The third-order valence-corrected chi connectivity index (χ3v) is 9.80. The normalized spacial score (nSPS) is 13.8. The number of benzene rings is 2. The Bertz CT molecular complexity index is 1720. The highest BCUT2D eigenvalue weighted by Gasteiger charge is 2.31. The molecule has 0 bridgehead atoms. The van der Waals surface area contributed by atoms with E-state index in [1.165, 1.54) is 44.6 Å². The summed E-state index contributed by atoms with van der Waals surface area (Å²) in [6.45, 7) is 25.3. The van der Waals surface area contributed by atoms with Gasteiger partial charge in [0.15, 0.2) is 0 Å². The van der Waals surface area contributed by atoms with Crippen LogP contribution in [-0.4, -0.2) is 9.55 Å². The molecule has 1 atom stereocenters. The second-order valence-electron chi connectivity index (χ2n) is 15.0. The average Bonchev–Trinajstić information content (AvgIpc) is 3.48. The summed E-state index contributed by atoms with van der Waals surface area (Å²) in [5.74, 6) is 4.88. The number of hydrogen-bond donors (Lipinski definition) is 1. The number of aromatic nitrogens is 2. The van der Waals surface area contributed by atoms with Crippen molar-refractivity contribution in [2.24, 2.45) is 7.05 Å². The largest absolute Gasteiger partial charge is 0.461 e. The standard InChI is InChI=1S/C43H57N3O/c1-13-37-40(33-18-15-14-16-21-38(33)47-37)36-24-46(12)43(44-36)42(45-41-31(26(4)5)19-17-20-32(41)27(6)7)39-34(28(8)9)22-30(25(2)3)23-35(39)29(10)11/h14-17,19-29,42,45H,13,18H2,1-12H3. The van der Waals surface area contributed by atoms with Gasteiger partial charge in [0.25, 0.3) is 0 Å². The average molecular weight is 632 g/mol. The van der Waals surface area contributed by atoms with Crippen LogP contribution in [-0.2, 0) is 19.9 Å². The minimum absolute atomic E-state index is 0.155. The van der Waals surface area contributed by atoms with Crippen LogP contribution in [0.1, 0.15) is 168 Å². The molecule has 0 saturated heterocycles. The highest BCUT2D eigenvalue weighted by molar-refractivity contribution is 5.73. The molecule has 4 aromatic rings. The quantitative estimate of drug-likeness (QED) is 0.179. The van der Waals surface area contributed by atoms with Crippen LogP contribution < -0.4 is 5.32 Å². The van der Waals surface area contributed by atoms with Gasteiger partial charge >= 0.3 is 0 Å². The van der Waals surface area contributed by atoms with E-state index in [0.717, 1.165) is 41.4 Å². The number of imidazole rings is 1. The van der Waals surface area contributed by atoms with Gasteiger partial charge in [-0.25, -0.2) is 4.98 Å². The monoisotopic (exact) mass is 631 g/mol. The van der Waals surface area contributed by atoms with Crippen molar-refractivity contribution in [2.75, 3.05) is 5.32 Å². The summed E-state index contributed by atoms with van der Waals surface area (Å²) in [4.78, 5) is 5.57. The summed E-state index contributed by atoms with van der Waals surface area (Å²) < 4.78 is 8.70. The van der Waals surface area contributed by atoms with Crippen LogP contribution in [0.4, 0.5) is 5.69 Å². The molecule has 0 fully saturated rings. The molecule has 1 N–H and O–H groups in total. The number of nitrogens with zero attached hydrogens (tertiary/aromatic N) is 2. The molecule has 0 aliphatic heterocycles. The number of nitrogens with one attached hydrogen (secondary N) is 1. The predicted molar refractivity (Wildman–Crippen MR) is 201 cm³/mol. The third-order valence-electron chi connectivity index (χ3n) is 9.80. The Labute approximate surface area is 284 Å². The van der Waals surface area contributed by atoms with Gasteiger partial charge in [0.2, 0.25) is 0 Å². The fraction of sp³-hybridized carbons (Fsp3) is 0.465. The predicted octanol–water partition coefficient (Wildman–Crippen LogP) is 12.2. The molecule has 250 valence electrons. The molecule has 0 saturated carbocycles. The molecule has 1 unspecified atom stereocenters. The second-order valence-corrected chi connectivity index (χ2v) is 15.0. The smallest absolute Gasteiger partial charge is 0.136 e. The van der Waals surface area contributed by atoms with Crippen molar-refractivity contribution < 1.29 is 4.42 Å². The van der Waals surface area contributed by atoms with Crippen molar-refractivity contribution in [3.63, 3.8) is 0 Å².